The van der Waals surface area contributed by atoms with E-state index in [9.17, 15) is 9.90 Å². The van der Waals surface area contributed by atoms with Crippen LogP contribution in [0.1, 0.15) is 21.5 Å². The van der Waals surface area contributed by atoms with Gasteiger partial charge in [-0.25, -0.2) is 0 Å². The quantitative estimate of drug-likeness (QED) is 0.448. The van der Waals surface area contributed by atoms with Crippen molar-refractivity contribution in [3.05, 3.63) is 77.4 Å². The van der Waals surface area contributed by atoms with E-state index in [1.807, 2.05) is 72.6 Å². The first kappa shape index (κ1) is 18.4. The number of aliphatic hydroxyl groups excluding tert-OH is 1. The highest BCUT2D eigenvalue weighted by Gasteiger charge is 2.33. The summed E-state index contributed by atoms with van der Waals surface area (Å²) in [4.78, 5) is 15.4. The number of carbonyl (C=O) groups is 1. The van der Waals surface area contributed by atoms with Crippen molar-refractivity contribution in [2.75, 3.05) is 30.4 Å². The van der Waals surface area contributed by atoms with E-state index in [0.29, 0.717) is 35.5 Å². The lowest BCUT2D eigenvalue weighted by Gasteiger charge is -2.23. The zero-order valence-electron chi connectivity index (χ0n) is 16.6. The van der Waals surface area contributed by atoms with E-state index in [0.717, 1.165) is 27.9 Å². The molecular weight excluding hydrogens is 378 g/mol. The van der Waals surface area contributed by atoms with Crippen LogP contribution in [0.25, 0.3) is 22.2 Å². The van der Waals surface area contributed by atoms with Gasteiger partial charge in [0.05, 0.1) is 23.2 Å². The normalized spacial score (nSPS) is 12.1. The molecule has 6 heteroatoms. The lowest BCUT2D eigenvalue weighted by molar-refractivity contribution is 0.104. The number of benzene rings is 3. The first-order chi connectivity index (χ1) is 14.7. The lowest BCUT2D eigenvalue weighted by Crippen LogP contribution is -2.22. The topological polar surface area (TPSA) is 78.6 Å². The standard InChI is InChI=1S/C24H21N3O3/c1-27(11-12-28)19-13-18(25-14-15-7-3-2-4-8-15)20-21-22(19)26-30-24(21)17-10-6-5-9-16(17)23(20)29/h2-10,13,25,28H,11-12,14H2,1H3. The number of ketones is 1. The Bertz CT molecular complexity index is 1250. The number of hydrogen-bond donors (Lipinski definition) is 2. The maximum Gasteiger partial charge on any atom is 0.196 e. The predicted octanol–water partition coefficient (Wildman–Crippen LogP) is 4.08. The molecule has 0 radical (unpaired) electrons. The van der Waals surface area contributed by atoms with Gasteiger partial charge in [0.2, 0.25) is 0 Å². The van der Waals surface area contributed by atoms with Gasteiger partial charge in [0, 0.05) is 37.0 Å². The second kappa shape index (κ2) is 7.31. The minimum Gasteiger partial charge on any atom is -0.395 e. The molecule has 0 bridgehead atoms. The molecule has 2 N–H and O–H groups in total. The first-order valence-electron chi connectivity index (χ1n) is 9.89. The summed E-state index contributed by atoms with van der Waals surface area (Å²) in [7, 11) is 1.89. The molecule has 0 spiro atoms. The Morgan fingerprint density at radius 3 is 2.57 bits per heavy atom. The van der Waals surface area contributed by atoms with Gasteiger partial charge in [0.15, 0.2) is 11.5 Å². The largest absolute Gasteiger partial charge is 0.395 e. The molecule has 0 saturated heterocycles. The number of nitrogens with zero attached hydrogens (tertiary/aromatic N) is 2. The summed E-state index contributed by atoms with van der Waals surface area (Å²) >= 11 is 0. The SMILES string of the molecule is CN(CCO)c1cc(NCc2ccccc2)c2c3c(onc13)-c1ccccc1C2=O. The van der Waals surface area contributed by atoms with E-state index in [1.54, 1.807) is 0 Å². The fourth-order valence-corrected chi connectivity index (χ4v) is 4.04. The molecule has 3 aromatic carbocycles. The minimum absolute atomic E-state index is 0.0129. The van der Waals surface area contributed by atoms with Crippen molar-refractivity contribution < 1.29 is 14.4 Å². The van der Waals surface area contributed by atoms with Gasteiger partial charge in [-0.1, -0.05) is 59.8 Å². The van der Waals surface area contributed by atoms with Crippen LogP contribution < -0.4 is 10.2 Å². The van der Waals surface area contributed by atoms with Gasteiger partial charge in [-0.05, 0) is 11.6 Å². The third-order valence-electron chi connectivity index (χ3n) is 5.55. The van der Waals surface area contributed by atoms with Crippen molar-refractivity contribution in [1.29, 1.82) is 0 Å². The van der Waals surface area contributed by atoms with Crippen LogP contribution in [0.3, 0.4) is 0 Å². The van der Waals surface area contributed by atoms with Crippen molar-refractivity contribution in [2.45, 2.75) is 6.54 Å². The van der Waals surface area contributed by atoms with Gasteiger partial charge in [0.1, 0.15) is 5.52 Å². The summed E-state index contributed by atoms with van der Waals surface area (Å²) in [6.45, 7) is 1.04. The number of anilines is 2. The van der Waals surface area contributed by atoms with E-state index >= 15 is 0 Å². The van der Waals surface area contributed by atoms with Crippen LogP contribution >= 0.6 is 0 Å². The van der Waals surface area contributed by atoms with Gasteiger partial charge in [-0.15, -0.1) is 0 Å². The van der Waals surface area contributed by atoms with E-state index in [4.69, 9.17) is 4.52 Å². The maximum absolute atomic E-state index is 13.5. The minimum atomic E-state index is -0.0433. The molecule has 1 heterocycles. The third kappa shape index (κ3) is 2.84. The monoisotopic (exact) mass is 399 g/mol. The van der Waals surface area contributed by atoms with Crippen molar-refractivity contribution >= 4 is 28.1 Å². The van der Waals surface area contributed by atoms with Crippen LogP contribution in [-0.2, 0) is 6.54 Å². The highest BCUT2D eigenvalue weighted by molar-refractivity contribution is 6.28. The molecule has 0 atom stereocenters. The van der Waals surface area contributed by atoms with Crippen molar-refractivity contribution in [2.24, 2.45) is 0 Å². The first-order valence-corrected chi connectivity index (χ1v) is 9.89. The fraction of sp³-hybridized carbons (Fsp3) is 0.167. The summed E-state index contributed by atoms with van der Waals surface area (Å²) in [6, 6.07) is 19.4. The molecule has 5 rings (SSSR count). The Kier molecular flexibility index (Phi) is 4.48. The Labute approximate surface area is 173 Å². The summed E-state index contributed by atoms with van der Waals surface area (Å²) in [5.41, 5.74) is 5.23. The van der Waals surface area contributed by atoms with Gasteiger partial charge in [0.25, 0.3) is 0 Å². The van der Waals surface area contributed by atoms with E-state index in [-0.39, 0.29) is 12.4 Å². The van der Waals surface area contributed by atoms with E-state index in [1.165, 1.54) is 0 Å². The number of likely N-dealkylation sites (N-methyl/N-ethyl adjacent to an activating group) is 1. The summed E-state index contributed by atoms with van der Waals surface area (Å²) in [5, 5.41) is 17.9. The molecule has 0 fully saturated rings. The number of fused-ring (bicyclic) bond motifs is 2. The van der Waals surface area contributed by atoms with E-state index in [2.05, 4.69) is 10.5 Å². The molecule has 1 aliphatic rings. The van der Waals surface area contributed by atoms with Crippen molar-refractivity contribution in [1.82, 2.24) is 5.16 Å². The van der Waals surface area contributed by atoms with Crippen LogP contribution in [0.2, 0.25) is 0 Å². The second-order valence-corrected chi connectivity index (χ2v) is 7.41. The Balaban J connectivity index is 1.71. The molecule has 30 heavy (non-hydrogen) atoms. The molecule has 0 saturated carbocycles. The number of aliphatic hydroxyl groups is 1. The van der Waals surface area contributed by atoms with Crippen LogP contribution in [0.4, 0.5) is 11.4 Å². The predicted molar refractivity (Wildman–Crippen MR) is 117 cm³/mol. The molecule has 0 aliphatic heterocycles. The highest BCUT2D eigenvalue weighted by Crippen LogP contribution is 2.45. The highest BCUT2D eigenvalue weighted by atomic mass is 16.5. The van der Waals surface area contributed by atoms with Gasteiger partial charge >= 0.3 is 0 Å². The van der Waals surface area contributed by atoms with Crippen LogP contribution in [0.5, 0.6) is 0 Å². The maximum atomic E-state index is 13.5. The molecular formula is C24H21N3O3. The number of nitrogens with one attached hydrogen (secondary N) is 1. The Morgan fingerprint density at radius 2 is 1.80 bits per heavy atom. The molecule has 0 unspecified atom stereocenters. The van der Waals surface area contributed by atoms with Crippen LogP contribution in [0.15, 0.2) is 65.2 Å². The molecule has 150 valence electrons. The van der Waals surface area contributed by atoms with E-state index < -0.39 is 0 Å². The summed E-state index contributed by atoms with van der Waals surface area (Å²) in [5.74, 6) is 0.565. The Hall–Kier alpha value is -3.64. The number of rotatable bonds is 6. The van der Waals surface area contributed by atoms with Crippen LogP contribution in [-0.4, -0.2) is 36.2 Å². The molecule has 1 aliphatic carbocycles. The zero-order chi connectivity index (χ0) is 20.7. The fourth-order valence-electron chi connectivity index (χ4n) is 4.04. The number of aromatic nitrogens is 1. The average molecular weight is 399 g/mol. The van der Waals surface area contributed by atoms with Gasteiger partial charge in [-0.3, -0.25) is 4.79 Å². The molecule has 0 amide bonds. The third-order valence-corrected chi connectivity index (χ3v) is 5.55. The van der Waals surface area contributed by atoms with Crippen molar-refractivity contribution in [3.8, 4) is 11.3 Å². The van der Waals surface area contributed by atoms with Gasteiger partial charge < -0.3 is 19.8 Å². The second-order valence-electron chi connectivity index (χ2n) is 7.41. The summed E-state index contributed by atoms with van der Waals surface area (Å²) in [6.07, 6.45) is 0. The smallest absolute Gasteiger partial charge is 0.196 e. The summed E-state index contributed by atoms with van der Waals surface area (Å²) < 4.78 is 5.74. The van der Waals surface area contributed by atoms with Gasteiger partial charge in [-0.2, -0.15) is 0 Å². The number of hydrogen-bond acceptors (Lipinski definition) is 6. The van der Waals surface area contributed by atoms with Crippen molar-refractivity contribution in [3.63, 3.8) is 0 Å². The number of carbonyl (C=O) groups excluding carboxylic acids is 1. The lowest BCUT2D eigenvalue weighted by atomic mass is 9.86. The average Bonchev–Trinajstić information content (AvgIpc) is 3.22. The molecule has 6 nitrogen and oxygen atoms in total. The molecule has 1 aromatic heterocycles. The zero-order valence-corrected chi connectivity index (χ0v) is 16.6. The molecule has 4 aromatic rings. The Morgan fingerprint density at radius 1 is 1.07 bits per heavy atom. The van der Waals surface area contributed by atoms with Crippen LogP contribution in [0, 0.1) is 0 Å².